The highest BCUT2D eigenvalue weighted by Crippen LogP contribution is 2.28. The molecule has 1 aromatic carbocycles. The van der Waals surface area contributed by atoms with Crippen molar-refractivity contribution in [3.8, 4) is 0 Å². The van der Waals surface area contributed by atoms with E-state index < -0.39 is 17.7 Å². The number of hydrogen-bond donors (Lipinski definition) is 1. The normalized spacial score (nSPS) is 12.7. The zero-order valence-corrected chi connectivity index (χ0v) is 12.2. The van der Waals surface area contributed by atoms with E-state index in [4.69, 9.17) is 0 Å². The first kappa shape index (κ1) is 14.1. The Kier molecular flexibility index (Phi) is 4.31. The van der Waals surface area contributed by atoms with Crippen molar-refractivity contribution in [2.24, 2.45) is 0 Å². The molecule has 1 heterocycles. The quantitative estimate of drug-likeness (QED) is 0.933. The maximum Gasteiger partial charge on any atom is 0.132 e. The Labute approximate surface area is 118 Å². The molecule has 0 aliphatic carbocycles. The van der Waals surface area contributed by atoms with E-state index in [0.29, 0.717) is 16.8 Å². The van der Waals surface area contributed by atoms with Gasteiger partial charge in [0.05, 0.1) is 6.04 Å². The van der Waals surface area contributed by atoms with Crippen LogP contribution in [0.2, 0.25) is 0 Å². The van der Waals surface area contributed by atoms with Crippen molar-refractivity contribution in [2.75, 3.05) is 7.05 Å². The highest BCUT2D eigenvalue weighted by molar-refractivity contribution is 9.10. The molecule has 0 spiro atoms. The Bertz CT molecular complexity index is 560. The van der Waals surface area contributed by atoms with Crippen molar-refractivity contribution < 1.29 is 8.78 Å². The summed E-state index contributed by atoms with van der Waals surface area (Å²) in [6.45, 7) is 2.64. The van der Waals surface area contributed by atoms with Crippen LogP contribution in [-0.4, -0.2) is 16.6 Å². The first-order valence-electron chi connectivity index (χ1n) is 5.91. The van der Waals surface area contributed by atoms with Gasteiger partial charge in [-0.1, -0.05) is 15.9 Å². The minimum atomic E-state index is -0.622. The maximum atomic E-state index is 14.0. The molecular weight excluding hydrogens is 316 g/mol. The molecule has 1 unspecified atom stereocenters. The fourth-order valence-electron chi connectivity index (χ4n) is 2.08. The van der Waals surface area contributed by atoms with Crippen LogP contribution in [0.1, 0.15) is 24.4 Å². The largest absolute Gasteiger partial charge is 0.334 e. The number of aromatic nitrogens is 2. The summed E-state index contributed by atoms with van der Waals surface area (Å²) in [5.41, 5.74) is -0.0217. The van der Waals surface area contributed by atoms with Crippen LogP contribution in [0.3, 0.4) is 0 Å². The van der Waals surface area contributed by atoms with Gasteiger partial charge in [-0.05, 0) is 26.1 Å². The first-order chi connectivity index (χ1) is 9.08. The Morgan fingerprint density at radius 3 is 2.53 bits per heavy atom. The van der Waals surface area contributed by atoms with Crippen LogP contribution in [0, 0.1) is 11.6 Å². The number of aryl methyl sites for hydroxylation is 1. The van der Waals surface area contributed by atoms with E-state index in [2.05, 4.69) is 26.2 Å². The predicted molar refractivity (Wildman–Crippen MR) is 72.9 cm³/mol. The molecule has 6 heteroatoms. The number of hydrogen-bond acceptors (Lipinski definition) is 2. The van der Waals surface area contributed by atoms with E-state index >= 15 is 0 Å². The first-order valence-corrected chi connectivity index (χ1v) is 6.70. The second-order valence-electron chi connectivity index (χ2n) is 4.08. The van der Waals surface area contributed by atoms with E-state index in [0.717, 1.165) is 0 Å². The van der Waals surface area contributed by atoms with Gasteiger partial charge in [0.1, 0.15) is 17.5 Å². The average molecular weight is 330 g/mol. The lowest BCUT2D eigenvalue weighted by molar-refractivity contribution is 0.499. The van der Waals surface area contributed by atoms with E-state index in [1.165, 1.54) is 12.1 Å². The molecule has 2 rings (SSSR count). The molecule has 0 aliphatic rings. The molecule has 0 saturated carbocycles. The average Bonchev–Trinajstić information content (AvgIpc) is 2.81. The zero-order valence-electron chi connectivity index (χ0n) is 10.6. The lowest BCUT2D eigenvalue weighted by atomic mass is 10.0. The zero-order chi connectivity index (χ0) is 14.0. The molecule has 19 heavy (non-hydrogen) atoms. The molecule has 0 radical (unpaired) electrons. The van der Waals surface area contributed by atoms with E-state index in [1.54, 1.807) is 19.4 Å². The van der Waals surface area contributed by atoms with E-state index in [1.807, 2.05) is 11.5 Å². The van der Waals surface area contributed by atoms with Gasteiger partial charge < -0.3 is 9.88 Å². The molecule has 0 bridgehead atoms. The van der Waals surface area contributed by atoms with Crippen molar-refractivity contribution in [2.45, 2.75) is 19.5 Å². The Hall–Kier alpha value is -1.27. The third-order valence-electron chi connectivity index (χ3n) is 2.97. The molecule has 2 aromatic rings. The lowest BCUT2D eigenvalue weighted by Crippen LogP contribution is -2.24. The Morgan fingerprint density at radius 1 is 1.37 bits per heavy atom. The number of halogens is 3. The lowest BCUT2D eigenvalue weighted by Gasteiger charge is -2.19. The minimum Gasteiger partial charge on any atom is -0.334 e. The van der Waals surface area contributed by atoms with Crippen molar-refractivity contribution in [3.63, 3.8) is 0 Å². The van der Waals surface area contributed by atoms with Crippen molar-refractivity contribution in [3.05, 3.63) is 52.0 Å². The van der Waals surface area contributed by atoms with Crippen molar-refractivity contribution >= 4 is 15.9 Å². The smallest absolute Gasteiger partial charge is 0.132 e. The van der Waals surface area contributed by atoms with Crippen LogP contribution >= 0.6 is 15.9 Å². The molecule has 1 N–H and O–H groups in total. The van der Waals surface area contributed by atoms with E-state index in [9.17, 15) is 8.78 Å². The standard InChI is InChI=1S/C13H14BrF2N3/c1-3-19-5-4-18-13(19)12(17-2)11-9(15)6-8(14)7-10(11)16/h4-7,12,17H,3H2,1-2H3. The van der Waals surface area contributed by atoms with E-state index in [-0.39, 0.29) is 5.56 Å². The summed E-state index contributed by atoms with van der Waals surface area (Å²) in [7, 11) is 1.65. The second-order valence-corrected chi connectivity index (χ2v) is 4.99. The molecule has 102 valence electrons. The molecule has 3 nitrogen and oxygen atoms in total. The van der Waals surface area contributed by atoms with Gasteiger partial charge in [-0.25, -0.2) is 13.8 Å². The number of benzene rings is 1. The maximum absolute atomic E-state index is 14.0. The Balaban J connectivity index is 2.54. The second kappa shape index (κ2) is 5.79. The fourth-order valence-corrected chi connectivity index (χ4v) is 2.48. The predicted octanol–water partition coefficient (Wildman–Crippen LogP) is 3.25. The summed E-state index contributed by atoms with van der Waals surface area (Å²) >= 11 is 3.07. The Morgan fingerprint density at radius 2 is 2.00 bits per heavy atom. The van der Waals surface area contributed by atoms with Gasteiger partial charge in [-0.2, -0.15) is 0 Å². The number of imidazole rings is 1. The summed E-state index contributed by atoms with van der Waals surface area (Å²) < 4.78 is 30.3. The SMILES string of the molecule is CCn1ccnc1C(NC)c1c(F)cc(Br)cc1F. The van der Waals surface area contributed by atoms with Gasteiger partial charge in [0.25, 0.3) is 0 Å². The fraction of sp³-hybridized carbons (Fsp3) is 0.308. The molecule has 1 aromatic heterocycles. The van der Waals surface area contributed by atoms with Crippen LogP contribution in [0.15, 0.2) is 29.0 Å². The van der Waals surface area contributed by atoms with Crippen molar-refractivity contribution in [1.29, 1.82) is 0 Å². The molecule has 0 amide bonds. The van der Waals surface area contributed by atoms with Crippen molar-refractivity contribution in [1.82, 2.24) is 14.9 Å². The number of nitrogens with one attached hydrogen (secondary N) is 1. The van der Waals surface area contributed by atoms with Crippen LogP contribution < -0.4 is 5.32 Å². The minimum absolute atomic E-state index is 0.0217. The summed E-state index contributed by atoms with van der Waals surface area (Å²) in [5, 5.41) is 2.92. The van der Waals surface area contributed by atoms with Crippen LogP contribution in [-0.2, 0) is 6.54 Å². The third kappa shape index (κ3) is 2.69. The van der Waals surface area contributed by atoms with Gasteiger partial charge in [0, 0.05) is 29.0 Å². The third-order valence-corrected chi connectivity index (χ3v) is 3.43. The van der Waals surface area contributed by atoms with Crippen LogP contribution in [0.25, 0.3) is 0 Å². The van der Waals surface area contributed by atoms with Gasteiger partial charge in [0.15, 0.2) is 0 Å². The van der Waals surface area contributed by atoms with Gasteiger partial charge >= 0.3 is 0 Å². The summed E-state index contributed by atoms with van der Waals surface area (Å²) in [4.78, 5) is 4.19. The molecule has 1 atom stereocenters. The van der Waals surface area contributed by atoms with Gasteiger partial charge in [0.2, 0.25) is 0 Å². The molecular formula is C13H14BrF2N3. The van der Waals surface area contributed by atoms with Crippen LogP contribution in [0.4, 0.5) is 8.78 Å². The number of rotatable bonds is 4. The van der Waals surface area contributed by atoms with Crippen LogP contribution in [0.5, 0.6) is 0 Å². The highest BCUT2D eigenvalue weighted by Gasteiger charge is 2.24. The monoisotopic (exact) mass is 329 g/mol. The topological polar surface area (TPSA) is 29.9 Å². The number of nitrogens with zero attached hydrogens (tertiary/aromatic N) is 2. The van der Waals surface area contributed by atoms with Gasteiger partial charge in [-0.3, -0.25) is 0 Å². The summed E-state index contributed by atoms with van der Waals surface area (Å²) in [6.07, 6.45) is 3.41. The molecule has 0 saturated heterocycles. The summed E-state index contributed by atoms with van der Waals surface area (Å²) in [6, 6.07) is 1.88. The molecule has 0 aliphatic heterocycles. The highest BCUT2D eigenvalue weighted by atomic mass is 79.9. The van der Waals surface area contributed by atoms with Gasteiger partial charge in [-0.15, -0.1) is 0 Å². The molecule has 0 fully saturated rings. The summed E-state index contributed by atoms with van der Waals surface area (Å²) in [5.74, 6) is -0.612.